The molecule has 120 valence electrons. The summed E-state index contributed by atoms with van der Waals surface area (Å²) in [5.74, 6) is -0.384. The zero-order valence-electron chi connectivity index (χ0n) is 12.8. The lowest BCUT2D eigenvalue weighted by molar-refractivity contribution is -0.121. The van der Waals surface area contributed by atoms with E-state index in [1.165, 1.54) is 0 Å². The van der Waals surface area contributed by atoms with Gasteiger partial charge in [-0.05, 0) is 36.9 Å². The number of nitrogens with zero attached hydrogens (tertiary/aromatic N) is 1. The van der Waals surface area contributed by atoms with Crippen LogP contribution in [0.4, 0.5) is 0 Å². The van der Waals surface area contributed by atoms with Crippen LogP contribution in [0.2, 0.25) is 0 Å². The first-order valence-electron chi connectivity index (χ1n) is 7.56. The Morgan fingerprint density at radius 3 is 2.91 bits per heavy atom. The zero-order valence-corrected chi connectivity index (χ0v) is 13.6. The van der Waals surface area contributed by atoms with Crippen molar-refractivity contribution in [1.82, 2.24) is 9.88 Å². The number of carbonyl (C=O) groups excluding carboxylic acids is 1. The standard InChI is InChI=1S/C17H18N2O3S/c1-12(15-8-5-11-23-15)18-16(20)9-4-10-19-13-6-2-3-7-14(13)22-17(19)21/h2-3,5-8,11-12H,4,9-10H2,1H3,(H,18,20). The average molecular weight is 330 g/mol. The van der Waals surface area contributed by atoms with E-state index < -0.39 is 0 Å². The fourth-order valence-corrected chi connectivity index (χ4v) is 3.28. The molecule has 0 radical (unpaired) electrons. The number of oxazole rings is 1. The van der Waals surface area contributed by atoms with E-state index in [1.807, 2.05) is 42.6 Å². The summed E-state index contributed by atoms with van der Waals surface area (Å²) in [5, 5.41) is 4.97. The highest BCUT2D eigenvalue weighted by Gasteiger charge is 2.12. The number of aromatic nitrogens is 1. The van der Waals surface area contributed by atoms with Crippen molar-refractivity contribution in [3.63, 3.8) is 0 Å². The van der Waals surface area contributed by atoms with E-state index in [9.17, 15) is 9.59 Å². The highest BCUT2D eigenvalue weighted by Crippen LogP contribution is 2.18. The SMILES string of the molecule is CC(NC(=O)CCCn1c(=O)oc2ccccc21)c1cccs1. The Labute approximate surface area is 137 Å². The molecule has 0 bridgehead atoms. The van der Waals surface area contributed by atoms with Gasteiger partial charge in [0.05, 0.1) is 11.6 Å². The van der Waals surface area contributed by atoms with E-state index in [-0.39, 0.29) is 17.7 Å². The number of rotatable bonds is 6. The number of fused-ring (bicyclic) bond motifs is 1. The highest BCUT2D eigenvalue weighted by molar-refractivity contribution is 7.10. The monoisotopic (exact) mass is 330 g/mol. The normalized spacial score (nSPS) is 12.4. The number of para-hydroxylation sites is 2. The van der Waals surface area contributed by atoms with Crippen molar-refractivity contribution < 1.29 is 9.21 Å². The van der Waals surface area contributed by atoms with E-state index in [0.29, 0.717) is 25.0 Å². The number of hydrogen-bond acceptors (Lipinski definition) is 4. The van der Waals surface area contributed by atoms with Crippen LogP contribution in [0.15, 0.2) is 51.0 Å². The summed E-state index contributed by atoms with van der Waals surface area (Å²) in [7, 11) is 0. The maximum Gasteiger partial charge on any atom is 0.419 e. The zero-order chi connectivity index (χ0) is 16.2. The maximum absolute atomic E-state index is 12.0. The number of thiophene rings is 1. The minimum Gasteiger partial charge on any atom is -0.408 e. The minimum absolute atomic E-state index is 0.00764. The Morgan fingerprint density at radius 1 is 1.30 bits per heavy atom. The smallest absolute Gasteiger partial charge is 0.408 e. The van der Waals surface area contributed by atoms with Crippen molar-refractivity contribution in [2.24, 2.45) is 0 Å². The molecule has 3 rings (SSSR count). The predicted octanol–water partition coefficient (Wildman–Crippen LogP) is 3.31. The van der Waals surface area contributed by atoms with Gasteiger partial charge in [-0.2, -0.15) is 0 Å². The van der Waals surface area contributed by atoms with Crippen LogP contribution in [0.25, 0.3) is 11.1 Å². The summed E-state index contributed by atoms with van der Waals surface area (Å²) < 4.78 is 6.75. The Morgan fingerprint density at radius 2 is 2.13 bits per heavy atom. The first kappa shape index (κ1) is 15.6. The van der Waals surface area contributed by atoms with Crippen molar-refractivity contribution in [2.75, 3.05) is 0 Å². The molecule has 0 fully saturated rings. The summed E-state index contributed by atoms with van der Waals surface area (Å²) in [6.45, 7) is 2.44. The highest BCUT2D eigenvalue weighted by atomic mass is 32.1. The summed E-state index contributed by atoms with van der Waals surface area (Å²) in [6.07, 6.45) is 0.966. The number of amides is 1. The molecule has 0 spiro atoms. The second-order valence-electron chi connectivity index (χ2n) is 5.40. The molecule has 5 nitrogen and oxygen atoms in total. The Bertz CT molecular complexity index is 848. The van der Waals surface area contributed by atoms with E-state index in [1.54, 1.807) is 22.0 Å². The summed E-state index contributed by atoms with van der Waals surface area (Å²) in [4.78, 5) is 25.0. The molecule has 1 N–H and O–H groups in total. The lowest BCUT2D eigenvalue weighted by Gasteiger charge is -2.12. The molecule has 1 aromatic carbocycles. The molecule has 3 aromatic rings. The number of nitrogens with one attached hydrogen (secondary N) is 1. The minimum atomic E-state index is -0.376. The third-order valence-electron chi connectivity index (χ3n) is 3.71. The van der Waals surface area contributed by atoms with Gasteiger partial charge in [0.2, 0.25) is 5.91 Å². The molecular weight excluding hydrogens is 312 g/mol. The number of aryl methyl sites for hydroxylation is 1. The van der Waals surface area contributed by atoms with Crippen molar-refractivity contribution in [3.05, 3.63) is 57.2 Å². The van der Waals surface area contributed by atoms with Crippen molar-refractivity contribution in [3.8, 4) is 0 Å². The van der Waals surface area contributed by atoms with E-state index in [0.717, 1.165) is 10.4 Å². The van der Waals surface area contributed by atoms with Gasteiger partial charge in [0.1, 0.15) is 0 Å². The summed E-state index contributed by atoms with van der Waals surface area (Å²) in [5.41, 5.74) is 1.35. The molecule has 0 saturated carbocycles. The van der Waals surface area contributed by atoms with Gasteiger partial charge in [0, 0.05) is 17.8 Å². The van der Waals surface area contributed by atoms with E-state index >= 15 is 0 Å². The first-order valence-corrected chi connectivity index (χ1v) is 8.44. The number of hydrogen-bond donors (Lipinski definition) is 1. The number of benzene rings is 1. The molecule has 23 heavy (non-hydrogen) atoms. The number of carbonyl (C=O) groups is 1. The molecule has 0 saturated heterocycles. The van der Waals surface area contributed by atoms with Gasteiger partial charge >= 0.3 is 5.76 Å². The molecule has 6 heteroatoms. The molecule has 1 unspecified atom stereocenters. The summed E-state index contributed by atoms with van der Waals surface area (Å²) in [6, 6.07) is 11.3. The Kier molecular flexibility index (Phi) is 4.62. The van der Waals surface area contributed by atoms with Gasteiger partial charge in [-0.25, -0.2) is 4.79 Å². The fourth-order valence-electron chi connectivity index (χ4n) is 2.55. The van der Waals surface area contributed by atoms with Crippen molar-refractivity contribution in [2.45, 2.75) is 32.4 Å². The lowest BCUT2D eigenvalue weighted by atomic mass is 10.2. The molecule has 0 aliphatic heterocycles. The van der Waals surface area contributed by atoms with Gasteiger partial charge in [0.15, 0.2) is 5.58 Å². The van der Waals surface area contributed by atoms with Crippen LogP contribution < -0.4 is 11.1 Å². The van der Waals surface area contributed by atoms with E-state index in [4.69, 9.17) is 4.42 Å². The largest absolute Gasteiger partial charge is 0.419 e. The second kappa shape index (κ2) is 6.83. The maximum atomic E-state index is 12.0. The molecule has 0 aliphatic rings. The predicted molar refractivity (Wildman–Crippen MR) is 90.6 cm³/mol. The van der Waals surface area contributed by atoms with Crippen LogP contribution in [0.5, 0.6) is 0 Å². The molecule has 1 atom stereocenters. The van der Waals surface area contributed by atoms with Crippen LogP contribution in [0.1, 0.15) is 30.7 Å². The molecule has 1 amide bonds. The third kappa shape index (κ3) is 3.53. The van der Waals surface area contributed by atoms with Crippen molar-refractivity contribution >= 4 is 28.3 Å². The van der Waals surface area contributed by atoms with Gasteiger partial charge < -0.3 is 9.73 Å². The van der Waals surface area contributed by atoms with Crippen LogP contribution in [0.3, 0.4) is 0 Å². The average Bonchev–Trinajstić information content (AvgIpc) is 3.16. The van der Waals surface area contributed by atoms with Gasteiger partial charge in [-0.1, -0.05) is 18.2 Å². The van der Waals surface area contributed by atoms with Gasteiger partial charge in [-0.15, -0.1) is 11.3 Å². The van der Waals surface area contributed by atoms with Crippen molar-refractivity contribution in [1.29, 1.82) is 0 Å². The Hall–Kier alpha value is -2.34. The third-order valence-corrected chi connectivity index (χ3v) is 4.76. The van der Waals surface area contributed by atoms with Crippen LogP contribution >= 0.6 is 11.3 Å². The second-order valence-corrected chi connectivity index (χ2v) is 6.37. The molecular formula is C17H18N2O3S. The van der Waals surface area contributed by atoms with Gasteiger partial charge in [-0.3, -0.25) is 9.36 Å². The van der Waals surface area contributed by atoms with Crippen LogP contribution in [-0.2, 0) is 11.3 Å². The van der Waals surface area contributed by atoms with Gasteiger partial charge in [0.25, 0.3) is 0 Å². The molecule has 2 heterocycles. The van der Waals surface area contributed by atoms with E-state index in [2.05, 4.69) is 5.32 Å². The fraction of sp³-hybridized carbons (Fsp3) is 0.294. The lowest BCUT2D eigenvalue weighted by Crippen LogP contribution is -2.26. The van der Waals surface area contributed by atoms with Crippen LogP contribution in [-0.4, -0.2) is 10.5 Å². The quantitative estimate of drug-likeness (QED) is 0.754. The molecule has 0 aliphatic carbocycles. The molecule has 2 aromatic heterocycles. The van der Waals surface area contributed by atoms with Crippen LogP contribution in [0, 0.1) is 0 Å². The topological polar surface area (TPSA) is 64.2 Å². The summed E-state index contributed by atoms with van der Waals surface area (Å²) >= 11 is 1.63. The first-order chi connectivity index (χ1) is 11.1. The Balaban J connectivity index is 1.55.